The van der Waals surface area contributed by atoms with Crippen LogP contribution >= 0.6 is 11.3 Å². The van der Waals surface area contributed by atoms with Gasteiger partial charge in [0.2, 0.25) is 0 Å². The molecule has 2 aromatic rings. The molecule has 1 aromatic heterocycles. The Kier molecular flexibility index (Phi) is 2.88. The van der Waals surface area contributed by atoms with Crippen LogP contribution in [0.15, 0.2) is 46.9 Å². The van der Waals surface area contributed by atoms with E-state index in [-0.39, 0.29) is 0 Å². The normalized spacial score (nSPS) is 24.9. The van der Waals surface area contributed by atoms with Crippen molar-refractivity contribution in [2.45, 2.75) is 25.3 Å². The molecule has 20 heavy (non-hydrogen) atoms. The number of benzene rings is 1. The van der Waals surface area contributed by atoms with Gasteiger partial charge in [0.15, 0.2) is 0 Å². The fourth-order valence-electron chi connectivity index (χ4n) is 3.61. The van der Waals surface area contributed by atoms with E-state index in [0.717, 1.165) is 0 Å². The Labute approximate surface area is 123 Å². The molecule has 2 atom stereocenters. The first-order valence-electron chi connectivity index (χ1n) is 7.27. The largest absolute Gasteiger partial charge is 0.291 e. The minimum absolute atomic E-state index is 0.427. The van der Waals surface area contributed by atoms with Crippen LogP contribution < -0.4 is 0 Å². The summed E-state index contributed by atoms with van der Waals surface area (Å²) >= 11 is 1.85. The Balaban J connectivity index is 1.80. The first-order chi connectivity index (χ1) is 9.84. The first kappa shape index (κ1) is 12.2. The van der Waals surface area contributed by atoms with E-state index in [1.54, 1.807) is 0 Å². The third kappa shape index (κ3) is 1.80. The highest BCUT2D eigenvalue weighted by Gasteiger charge is 2.39. The maximum absolute atomic E-state index is 4.91. The van der Waals surface area contributed by atoms with Gasteiger partial charge in [-0.2, -0.15) is 5.10 Å². The van der Waals surface area contributed by atoms with E-state index >= 15 is 0 Å². The van der Waals surface area contributed by atoms with Crippen LogP contribution in [-0.2, 0) is 6.42 Å². The maximum Gasteiger partial charge on any atom is 0.0893 e. The molecule has 2 unspecified atom stereocenters. The molecule has 2 nitrogen and oxygen atoms in total. The molecule has 102 valence electrons. The van der Waals surface area contributed by atoms with Gasteiger partial charge in [-0.25, -0.2) is 0 Å². The predicted molar refractivity (Wildman–Crippen MR) is 84.2 cm³/mol. The topological polar surface area (TPSA) is 15.6 Å². The molecule has 0 fully saturated rings. The highest BCUT2D eigenvalue weighted by atomic mass is 32.1. The third-order valence-corrected chi connectivity index (χ3v) is 5.43. The summed E-state index contributed by atoms with van der Waals surface area (Å²) in [4.78, 5) is 1.44. The third-order valence-electron chi connectivity index (χ3n) is 4.49. The van der Waals surface area contributed by atoms with Crippen LogP contribution in [0.1, 0.15) is 34.9 Å². The second-order valence-electron chi connectivity index (χ2n) is 5.68. The smallest absolute Gasteiger partial charge is 0.0893 e. The minimum Gasteiger partial charge on any atom is -0.291 e. The molecule has 0 spiro atoms. The van der Waals surface area contributed by atoms with Crippen molar-refractivity contribution in [3.05, 3.63) is 57.8 Å². The summed E-state index contributed by atoms with van der Waals surface area (Å²) in [5, 5.41) is 9.25. The van der Waals surface area contributed by atoms with Gasteiger partial charge in [-0.05, 0) is 36.3 Å². The zero-order valence-corrected chi connectivity index (χ0v) is 12.4. The lowest BCUT2D eigenvalue weighted by Gasteiger charge is -2.23. The summed E-state index contributed by atoms with van der Waals surface area (Å²) in [7, 11) is 2.12. The number of aryl methyl sites for hydroxylation is 1. The van der Waals surface area contributed by atoms with Gasteiger partial charge in [0.25, 0.3) is 0 Å². The second kappa shape index (κ2) is 4.74. The van der Waals surface area contributed by atoms with Crippen molar-refractivity contribution in [2.75, 3.05) is 7.05 Å². The quantitative estimate of drug-likeness (QED) is 0.769. The van der Waals surface area contributed by atoms with Gasteiger partial charge in [0, 0.05) is 23.4 Å². The number of hydrazone groups is 1. The molecule has 4 rings (SSSR count). The molecule has 0 saturated heterocycles. The lowest BCUT2D eigenvalue weighted by molar-refractivity contribution is 0.247. The molecule has 0 amide bonds. The van der Waals surface area contributed by atoms with E-state index in [4.69, 9.17) is 5.10 Å². The number of rotatable bonds is 1. The van der Waals surface area contributed by atoms with Crippen molar-refractivity contribution in [3.63, 3.8) is 0 Å². The van der Waals surface area contributed by atoms with Crippen LogP contribution in [0, 0.1) is 5.92 Å². The van der Waals surface area contributed by atoms with Gasteiger partial charge in [0.1, 0.15) is 0 Å². The molecular formula is C17H18N2S. The van der Waals surface area contributed by atoms with Crippen molar-refractivity contribution in [1.29, 1.82) is 0 Å². The van der Waals surface area contributed by atoms with Crippen molar-refractivity contribution < 1.29 is 0 Å². The van der Waals surface area contributed by atoms with Crippen LogP contribution in [0.3, 0.4) is 0 Å². The van der Waals surface area contributed by atoms with Crippen LogP contribution in [0.5, 0.6) is 0 Å². The first-order valence-corrected chi connectivity index (χ1v) is 8.15. The molecule has 1 aliphatic heterocycles. The molecular weight excluding hydrogens is 264 g/mol. The van der Waals surface area contributed by atoms with E-state index in [2.05, 4.69) is 53.8 Å². The Morgan fingerprint density at radius 2 is 2.10 bits per heavy atom. The Morgan fingerprint density at radius 3 is 2.95 bits per heavy atom. The fraction of sp³-hybridized carbons (Fsp3) is 0.353. The molecule has 0 bridgehead atoms. The van der Waals surface area contributed by atoms with Crippen LogP contribution in [0.2, 0.25) is 0 Å². The summed E-state index contributed by atoms with van der Waals surface area (Å²) in [5.74, 6) is 0.544. The molecule has 3 heteroatoms. The van der Waals surface area contributed by atoms with Gasteiger partial charge in [-0.1, -0.05) is 30.3 Å². The van der Waals surface area contributed by atoms with Crippen molar-refractivity contribution in [1.82, 2.24) is 5.01 Å². The highest BCUT2D eigenvalue weighted by molar-refractivity contribution is 7.10. The zero-order valence-electron chi connectivity index (χ0n) is 11.6. The number of hydrogen-bond donors (Lipinski definition) is 0. The summed E-state index contributed by atoms with van der Waals surface area (Å²) < 4.78 is 0. The average Bonchev–Trinajstić information content (AvgIpc) is 3.03. The average molecular weight is 282 g/mol. The van der Waals surface area contributed by atoms with Gasteiger partial charge >= 0.3 is 0 Å². The van der Waals surface area contributed by atoms with E-state index in [1.807, 2.05) is 11.3 Å². The van der Waals surface area contributed by atoms with Gasteiger partial charge in [0.05, 0.1) is 11.8 Å². The summed E-state index contributed by atoms with van der Waals surface area (Å²) in [6.07, 6.45) is 3.68. The van der Waals surface area contributed by atoms with E-state index < -0.39 is 0 Å². The number of fused-ring (bicyclic) bond motifs is 3. The summed E-state index contributed by atoms with van der Waals surface area (Å²) in [5.41, 5.74) is 4.15. The Hall–Kier alpha value is -1.61. The molecule has 2 heterocycles. The molecule has 0 N–H and O–H groups in total. The van der Waals surface area contributed by atoms with Crippen molar-refractivity contribution >= 4 is 17.0 Å². The fourth-order valence-corrected chi connectivity index (χ4v) is 4.53. The predicted octanol–water partition coefficient (Wildman–Crippen LogP) is 4.09. The lowest BCUT2D eigenvalue weighted by Crippen LogP contribution is -2.22. The van der Waals surface area contributed by atoms with Gasteiger partial charge < -0.3 is 0 Å². The molecule has 0 saturated carbocycles. The Bertz CT molecular complexity index is 645. The molecule has 0 radical (unpaired) electrons. The zero-order chi connectivity index (χ0) is 13.5. The standard InChI is InChI=1S/C17H18N2S/c1-19-17(15-10-5-11-20-15)14-9-4-7-12-6-2-3-8-13(12)16(14)18-19/h2-3,5-6,8,10-11,14,17H,4,7,9H2,1H3. The summed E-state index contributed by atoms with van der Waals surface area (Å²) in [6, 6.07) is 13.6. The van der Waals surface area contributed by atoms with Gasteiger partial charge in [-0.15, -0.1) is 11.3 Å². The van der Waals surface area contributed by atoms with Crippen LogP contribution in [-0.4, -0.2) is 17.8 Å². The van der Waals surface area contributed by atoms with E-state index in [0.29, 0.717) is 12.0 Å². The highest BCUT2D eigenvalue weighted by Crippen LogP contribution is 2.42. The molecule has 1 aliphatic carbocycles. The monoisotopic (exact) mass is 282 g/mol. The molecule has 1 aromatic carbocycles. The van der Waals surface area contributed by atoms with E-state index in [9.17, 15) is 0 Å². The molecule has 2 aliphatic rings. The summed E-state index contributed by atoms with van der Waals surface area (Å²) in [6.45, 7) is 0. The number of hydrogen-bond acceptors (Lipinski definition) is 3. The number of thiophene rings is 1. The van der Waals surface area contributed by atoms with Crippen molar-refractivity contribution in [2.24, 2.45) is 11.0 Å². The lowest BCUT2D eigenvalue weighted by atomic mass is 9.88. The van der Waals surface area contributed by atoms with Crippen molar-refractivity contribution in [3.8, 4) is 0 Å². The van der Waals surface area contributed by atoms with Gasteiger partial charge in [-0.3, -0.25) is 5.01 Å². The van der Waals surface area contributed by atoms with Crippen LogP contribution in [0.4, 0.5) is 0 Å². The number of nitrogens with zero attached hydrogens (tertiary/aromatic N) is 2. The SMILES string of the molecule is CN1N=C2c3ccccc3CCCC2C1c1cccs1. The maximum atomic E-state index is 4.91. The van der Waals surface area contributed by atoms with Crippen LogP contribution in [0.25, 0.3) is 0 Å². The van der Waals surface area contributed by atoms with E-state index in [1.165, 1.54) is 41.0 Å². The minimum atomic E-state index is 0.427. The second-order valence-corrected chi connectivity index (χ2v) is 6.65. The Morgan fingerprint density at radius 1 is 1.20 bits per heavy atom.